The molecule has 5 unspecified atom stereocenters. The first-order chi connectivity index (χ1) is 12.5. The summed E-state index contributed by atoms with van der Waals surface area (Å²) < 4.78 is 0. The summed E-state index contributed by atoms with van der Waals surface area (Å²) in [5.74, 6) is -3.06. The number of rotatable bonds is 12. The van der Waals surface area contributed by atoms with Crippen LogP contribution in [0, 0.1) is 0 Å². The third-order valence-corrected chi connectivity index (χ3v) is 4.20. The summed E-state index contributed by atoms with van der Waals surface area (Å²) in [4.78, 5) is 46.9. The summed E-state index contributed by atoms with van der Waals surface area (Å²) in [5, 5.41) is 34.4. The number of aliphatic carboxylic acids is 1. The topological polar surface area (TPSA) is 191 Å². The van der Waals surface area contributed by atoms with Crippen molar-refractivity contribution >= 4 is 35.5 Å². The number of hydrogen-bond acceptors (Lipinski definition) is 8. The minimum atomic E-state index is -1.51. The highest BCUT2D eigenvalue weighted by Crippen LogP contribution is 2.02. The molecule has 27 heavy (non-hydrogen) atoms. The highest BCUT2D eigenvalue weighted by Gasteiger charge is 2.27. The van der Waals surface area contributed by atoms with Gasteiger partial charge in [0.25, 0.3) is 0 Å². The van der Waals surface area contributed by atoms with Gasteiger partial charge in [-0.15, -0.1) is 0 Å². The van der Waals surface area contributed by atoms with Crippen molar-refractivity contribution in [3.05, 3.63) is 0 Å². The summed E-state index contributed by atoms with van der Waals surface area (Å²) in [5.41, 5.74) is 5.53. The Morgan fingerprint density at radius 3 is 2.07 bits per heavy atom. The monoisotopic (exact) mass is 408 g/mol. The van der Waals surface area contributed by atoms with Crippen LogP contribution < -0.4 is 21.7 Å². The summed E-state index contributed by atoms with van der Waals surface area (Å²) in [6, 6.07) is -3.69. The normalized spacial score (nSPS) is 16.4. The maximum absolute atomic E-state index is 12.3. The molecule has 0 aliphatic carbocycles. The number of hydrogen-bond donors (Lipinski definition) is 7. The number of carboxylic acid groups (broad SMARTS) is 1. The fourth-order valence-electron chi connectivity index (χ4n) is 1.90. The lowest BCUT2D eigenvalue weighted by atomic mass is 10.1. The zero-order chi connectivity index (χ0) is 21.1. The Kier molecular flexibility index (Phi) is 11.6. The van der Waals surface area contributed by atoms with Gasteiger partial charge in [-0.1, -0.05) is 0 Å². The van der Waals surface area contributed by atoms with E-state index >= 15 is 0 Å². The molecule has 0 aliphatic heterocycles. The van der Waals surface area contributed by atoms with Gasteiger partial charge in [0.05, 0.1) is 18.8 Å². The number of carboxylic acids is 1. The lowest BCUT2D eigenvalue weighted by molar-refractivity contribution is -0.144. The smallest absolute Gasteiger partial charge is 0.328 e. The van der Waals surface area contributed by atoms with Crippen molar-refractivity contribution in [2.45, 2.75) is 50.6 Å². The first-order valence-corrected chi connectivity index (χ1v) is 9.61. The molecule has 0 bridgehead atoms. The largest absolute Gasteiger partial charge is 0.480 e. The van der Waals surface area contributed by atoms with Gasteiger partial charge in [-0.05, 0) is 32.3 Å². The van der Waals surface area contributed by atoms with Crippen LogP contribution in [0.25, 0.3) is 0 Å². The lowest BCUT2D eigenvalue weighted by Gasteiger charge is -2.22. The molecule has 0 aromatic carbocycles. The van der Waals surface area contributed by atoms with E-state index in [9.17, 15) is 29.4 Å². The number of carbonyl (C=O) groups excluding carboxylic acids is 3. The maximum Gasteiger partial charge on any atom is 0.328 e. The van der Waals surface area contributed by atoms with E-state index in [-0.39, 0.29) is 6.42 Å². The van der Waals surface area contributed by atoms with Gasteiger partial charge in [-0.3, -0.25) is 14.4 Å². The lowest BCUT2D eigenvalue weighted by Crippen LogP contribution is -2.56. The Labute approximate surface area is 161 Å². The minimum Gasteiger partial charge on any atom is -0.480 e. The number of carbonyl (C=O) groups is 4. The van der Waals surface area contributed by atoms with Crippen molar-refractivity contribution < 1.29 is 34.5 Å². The molecule has 0 aliphatic rings. The molecule has 0 rings (SSSR count). The molecule has 156 valence electrons. The van der Waals surface area contributed by atoms with Crippen LogP contribution in [0.2, 0.25) is 0 Å². The zero-order valence-electron chi connectivity index (χ0n) is 15.5. The van der Waals surface area contributed by atoms with Crippen molar-refractivity contribution in [3.63, 3.8) is 0 Å². The molecule has 0 radical (unpaired) electrons. The fourth-order valence-corrected chi connectivity index (χ4v) is 2.37. The molecule has 0 fully saturated rings. The maximum atomic E-state index is 12.3. The highest BCUT2D eigenvalue weighted by atomic mass is 32.2. The van der Waals surface area contributed by atoms with Gasteiger partial charge in [0.2, 0.25) is 17.7 Å². The molecule has 0 aromatic rings. The van der Waals surface area contributed by atoms with Crippen molar-refractivity contribution in [2.75, 3.05) is 18.6 Å². The Bertz CT molecular complexity index is 530. The van der Waals surface area contributed by atoms with E-state index < -0.39 is 60.6 Å². The van der Waals surface area contributed by atoms with Gasteiger partial charge in [0.1, 0.15) is 12.1 Å². The molecule has 0 saturated heterocycles. The highest BCUT2D eigenvalue weighted by molar-refractivity contribution is 7.98. The van der Waals surface area contributed by atoms with Gasteiger partial charge in [-0.25, -0.2) is 4.79 Å². The average molecular weight is 408 g/mol. The van der Waals surface area contributed by atoms with Gasteiger partial charge >= 0.3 is 5.97 Å². The number of nitrogens with two attached hydrogens (primary N) is 1. The van der Waals surface area contributed by atoms with E-state index in [4.69, 9.17) is 10.8 Å². The average Bonchev–Trinajstić information content (AvgIpc) is 2.59. The number of thioether (sulfide) groups is 1. The van der Waals surface area contributed by atoms with Gasteiger partial charge in [-0.2, -0.15) is 11.8 Å². The molecule has 0 spiro atoms. The van der Waals surface area contributed by atoms with Crippen molar-refractivity contribution in [2.24, 2.45) is 5.73 Å². The quantitative estimate of drug-likeness (QED) is 0.176. The summed E-state index contributed by atoms with van der Waals surface area (Å²) in [6.45, 7) is 2.01. The Hall–Kier alpha value is -1.89. The number of aliphatic hydroxyl groups excluding tert-OH is 2. The standard InChI is InChI=1S/C15H28N4O7S/c1-7(20)11(16)14(24)18-9(4-5-27-3)13(23)17-6-10(22)19-12(8(2)21)15(25)26/h7-9,11-12,20-21H,4-6,16H2,1-3H3,(H,17,23)(H,18,24)(H,19,22)(H,25,26). The van der Waals surface area contributed by atoms with E-state index in [1.165, 1.54) is 25.6 Å². The van der Waals surface area contributed by atoms with Crippen LogP contribution in [-0.2, 0) is 19.2 Å². The molecule has 12 heteroatoms. The Morgan fingerprint density at radius 1 is 1.04 bits per heavy atom. The second-order valence-electron chi connectivity index (χ2n) is 5.95. The summed E-state index contributed by atoms with van der Waals surface area (Å²) >= 11 is 1.44. The molecule has 5 atom stereocenters. The van der Waals surface area contributed by atoms with Gasteiger partial charge in [0, 0.05) is 0 Å². The van der Waals surface area contributed by atoms with E-state index in [1.54, 1.807) is 0 Å². The molecule has 3 amide bonds. The van der Waals surface area contributed by atoms with Gasteiger partial charge in [0.15, 0.2) is 6.04 Å². The number of amides is 3. The number of aliphatic hydroxyl groups is 2. The SMILES string of the molecule is CSCCC(NC(=O)C(N)C(C)O)C(=O)NCC(=O)NC(C(=O)O)C(C)O. The molecule has 0 heterocycles. The van der Waals surface area contributed by atoms with Crippen molar-refractivity contribution in [3.8, 4) is 0 Å². The third kappa shape index (κ3) is 9.56. The van der Waals surface area contributed by atoms with E-state index in [0.717, 1.165) is 0 Å². The van der Waals surface area contributed by atoms with Crippen LogP contribution in [0.15, 0.2) is 0 Å². The van der Waals surface area contributed by atoms with E-state index in [0.29, 0.717) is 5.75 Å². The molecule has 0 aromatic heterocycles. The van der Waals surface area contributed by atoms with Crippen LogP contribution in [-0.4, -0.2) is 87.9 Å². The van der Waals surface area contributed by atoms with E-state index in [1.807, 2.05) is 6.26 Å². The second kappa shape index (κ2) is 12.5. The van der Waals surface area contributed by atoms with Crippen LogP contribution in [0.5, 0.6) is 0 Å². The first-order valence-electron chi connectivity index (χ1n) is 8.22. The predicted molar refractivity (Wildman–Crippen MR) is 98.8 cm³/mol. The molecular weight excluding hydrogens is 380 g/mol. The first kappa shape index (κ1) is 25.1. The number of nitrogens with one attached hydrogen (secondary N) is 3. The van der Waals surface area contributed by atoms with Crippen LogP contribution >= 0.6 is 11.8 Å². The molecule has 11 nitrogen and oxygen atoms in total. The van der Waals surface area contributed by atoms with Gasteiger partial charge < -0.3 is 37.0 Å². The van der Waals surface area contributed by atoms with Crippen molar-refractivity contribution in [1.82, 2.24) is 16.0 Å². The summed E-state index contributed by atoms with van der Waals surface area (Å²) in [7, 11) is 0. The Balaban J connectivity index is 4.78. The second-order valence-corrected chi connectivity index (χ2v) is 6.94. The van der Waals surface area contributed by atoms with Crippen molar-refractivity contribution in [1.29, 1.82) is 0 Å². The minimum absolute atomic E-state index is 0.262. The van der Waals surface area contributed by atoms with Crippen LogP contribution in [0.4, 0.5) is 0 Å². The van der Waals surface area contributed by atoms with Crippen LogP contribution in [0.1, 0.15) is 20.3 Å². The fraction of sp³-hybridized carbons (Fsp3) is 0.733. The Morgan fingerprint density at radius 2 is 1.63 bits per heavy atom. The third-order valence-electron chi connectivity index (χ3n) is 3.55. The van der Waals surface area contributed by atoms with E-state index in [2.05, 4.69) is 16.0 Å². The molecule has 8 N–H and O–H groups in total. The zero-order valence-corrected chi connectivity index (χ0v) is 16.3. The summed E-state index contributed by atoms with van der Waals surface area (Å²) in [6.07, 6.45) is -0.349. The van der Waals surface area contributed by atoms with Crippen LogP contribution in [0.3, 0.4) is 0 Å². The molecule has 0 saturated carbocycles. The predicted octanol–water partition coefficient (Wildman–Crippen LogP) is -3.00. The molecular formula is C15H28N4O7S.